The summed E-state index contributed by atoms with van der Waals surface area (Å²) in [5.74, 6) is 0.235. The van der Waals surface area contributed by atoms with Crippen molar-refractivity contribution in [2.24, 2.45) is 0 Å². The number of nitrogen functional groups attached to an aromatic ring is 1. The summed E-state index contributed by atoms with van der Waals surface area (Å²) in [4.78, 5) is 17.6. The van der Waals surface area contributed by atoms with Crippen molar-refractivity contribution in [2.45, 2.75) is 0 Å². The Morgan fingerprint density at radius 1 is 1.32 bits per heavy atom. The smallest absolute Gasteiger partial charge is 0.323 e. The van der Waals surface area contributed by atoms with E-state index in [0.29, 0.717) is 0 Å². The minimum absolute atomic E-state index is 0.0229. The number of rotatable bonds is 3. The lowest BCUT2D eigenvalue weighted by Gasteiger charge is -2.07. The molecule has 0 spiro atoms. The first-order chi connectivity index (χ1) is 8.97. The number of nitro groups is 1. The highest BCUT2D eigenvalue weighted by Crippen LogP contribution is 2.38. The molecule has 0 unspecified atom stereocenters. The molecule has 7 nitrogen and oxygen atoms in total. The molecule has 2 aromatic rings. The van der Waals surface area contributed by atoms with E-state index in [1.54, 1.807) is 0 Å². The molecule has 0 aliphatic heterocycles. The van der Waals surface area contributed by atoms with Gasteiger partial charge < -0.3 is 10.5 Å². The maximum absolute atomic E-state index is 10.6. The van der Waals surface area contributed by atoms with Crippen molar-refractivity contribution in [3.05, 3.63) is 44.6 Å². The van der Waals surface area contributed by atoms with E-state index in [2.05, 4.69) is 9.97 Å². The van der Waals surface area contributed by atoms with Gasteiger partial charge >= 0.3 is 6.01 Å². The largest absolute Gasteiger partial charge is 0.421 e. The molecule has 0 amide bonds. The summed E-state index contributed by atoms with van der Waals surface area (Å²) in [6.07, 6.45) is 1.39. The number of nitrogens with zero attached hydrogens (tertiary/aromatic N) is 3. The highest BCUT2D eigenvalue weighted by molar-refractivity contribution is 6.37. The summed E-state index contributed by atoms with van der Waals surface area (Å²) < 4.78 is 5.27. The third-order valence-electron chi connectivity index (χ3n) is 2.04. The fourth-order valence-corrected chi connectivity index (χ4v) is 1.80. The van der Waals surface area contributed by atoms with Gasteiger partial charge in [-0.05, 0) is 6.07 Å². The summed E-state index contributed by atoms with van der Waals surface area (Å²) >= 11 is 11.7. The van der Waals surface area contributed by atoms with E-state index in [9.17, 15) is 10.1 Å². The Bertz CT molecular complexity index is 627. The molecule has 1 aromatic heterocycles. The van der Waals surface area contributed by atoms with Gasteiger partial charge in [0.25, 0.3) is 5.69 Å². The number of anilines is 1. The van der Waals surface area contributed by atoms with Crippen molar-refractivity contribution in [1.82, 2.24) is 9.97 Å². The lowest BCUT2D eigenvalue weighted by molar-refractivity contribution is -0.384. The minimum atomic E-state index is -0.613. The second kappa shape index (κ2) is 5.25. The first kappa shape index (κ1) is 13.3. The van der Waals surface area contributed by atoms with Crippen LogP contribution in [0.3, 0.4) is 0 Å². The Morgan fingerprint density at radius 3 is 2.47 bits per heavy atom. The Hall–Kier alpha value is -2.12. The molecular weight excluding hydrogens is 295 g/mol. The van der Waals surface area contributed by atoms with Gasteiger partial charge in [0, 0.05) is 18.3 Å². The second-order valence-electron chi connectivity index (χ2n) is 3.36. The van der Waals surface area contributed by atoms with Crippen molar-refractivity contribution in [2.75, 3.05) is 5.73 Å². The van der Waals surface area contributed by atoms with E-state index < -0.39 is 4.92 Å². The molecule has 0 aliphatic rings. The molecule has 0 radical (unpaired) electrons. The van der Waals surface area contributed by atoms with Crippen LogP contribution in [0.5, 0.6) is 11.8 Å². The molecule has 0 fully saturated rings. The van der Waals surface area contributed by atoms with Crippen LogP contribution in [0, 0.1) is 10.1 Å². The van der Waals surface area contributed by atoms with E-state index in [1.807, 2.05) is 0 Å². The molecule has 1 heterocycles. The first-order valence-corrected chi connectivity index (χ1v) is 5.63. The average Bonchev–Trinajstić information content (AvgIpc) is 2.33. The quantitative estimate of drug-likeness (QED) is 0.690. The second-order valence-corrected chi connectivity index (χ2v) is 4.18. The van der Waals surface area contributed by atoms with Gasteiger partial charge in [-0.2, -0.15) is 4.98 Å². The van der Waals surface area contributed by atoms with E-state index in [0.717, 1.165) is 12.1 Å². The topological polar surface area (TPSA) is 104 Å². The number of hydrogen-bond acceptors (Lipinski definition) is 6. The maximum atomic E-state index is 10.6. The van der Waals surface area contributed by atoms with Crippen molar-refractivity contribution in [3.8, 4) is 11.8 Å². The third kappa shape index (κ3) is 3.01. The predicted molar refractivity (Wildman–Crippen MR) is 69.6 cm³/mol. The zero-order valence-corrected chi connectivity index (χ0v) is 10.7. The average molecular weight is 301 g/mol. The number of aromatic nitrogens is 2. The number of ether oxygens (including phenoxy) is 1. The van der Waals surface area contributed by atoms with Crippen LogP contribution in [0.15, 0.2) is 24.4 Å². The van der Waals surface area contributed by atoms with Crippen LogP contribution in [-0.4, -0.2) is 14.9 Å². The standard InChI is InChI=1S/C10H6Cl2N4O3/c11-6-3-5(16(17)18)4-7(12)9(6)19-10-14-2-1-8(13)15-10/h1-4H,(H2,13,14,15). The van der Waals surface area contributed by atoms with Gasteiger partial charge in [0.2, 0.25) is 0 Å². The Morgan fingerprint density at radius 2 is 1.95 bits per heavy atom. The monoisotopic (exact) mass is 300 g/mol. The van der Waals surface area contributed by atoms with Crippen LogP contribution in [0.1, 0.15) is 0 Å². The molecule has 2 rings (SSSR count). The molecule has 0 saturated heterocycles. The predicted octanol–water partition coefficient (Wildman–Crippen LogP) is 3.07. The molecule has 98 valence electrons. The number of nitro benzene ring substituents is 1. The molecule has 0 bridgehead atoms. The normalized spacial score (nSPS) is 10.2. The van der Waals surface area contributed by atoms with Crippen LogP contribution in [0.25, 0.3) is 0 Å². The van der Waals surface area contributed by atoms with Gasteiger partial charge in [-0.1, -0.05) is 23.2 Å². The van der Waals surface area contributed by atoms with Crippen LogP contribution in [0.4, 0.5) is 11.5 Å². The Balaban J connectivity index is 2.38. The fraction of sp³-hybridized carbons (Fsp3) is 0. The van der Waals surface area contributed by atoms with Gasteiger partial charge in [-0.15, -0.1) is 0 Å². The van der Waals surface area contributed by atoms with Crippen LogP contribution in [0.2, 0.25) is 10.0 Å². The summed E-state index contributed by atoms with van der Waals surface area (Å²) in [5, 5.41) is 10.6. The highest BCUT2D eigenvalue weighted by Gasteiger charge is 2.17. The third-order valence-corrected chi connectivity index (χ3v) is 2.60. The summed E-state index contributed by atoms with van der Waals surface area (Å²) in [7, 11) is 0. The number of nitrogens with two attached hydrogens (primary N) is 1. The summed E-state index contributed by atoms with van der Waals surface area (Å²) in [6, 6.07) is 3.66. The van der Waals surface area contributed by atoms with Crippen molar-refractivity contribution in [1.29, 1.82) is 0 Å². The van der Waals surface area contributed by atoms with Crippen LogP contribution >= 0.6 is 23.2 Å². The van der Waals surface area contributed by atoms with Gasteiger partial charge in [-0.25, -0.2) is 4.98 Å². The van der Waals surface area contributed by atoms with Gasteiger partial charge in [-0.3, -0.25) is 10.1 Å². The molecule has 1 aromatic carbocycles. The number of hydrogen-bond donors (Lipinski definition) is 1. The molecule has 2 N–H and O–H groups in total. The summed E-state index contributed by atoms with van der Waals surface area (Å²) in [6.45, 7) is 0. The lowest BCUT2D eigenvalue weighted by Crippen LogP contribution is -1.97. The molecule has 0 atom stereocenters. The SMILES string of the molecule is Nc1ccnc(Oc2c(Cl)cc([N+](=O)[O-])cc2Cl)n1. The molecule has 19 heavy (non-hydrogen) atoms. The maximum Gasteiger partial charge on any atom is 0.323 e. The fourth-order valence-electron chi connectivity index (χ4n) is 1.24. The minimum Gasteiger partial charge on any atom is -0.421 e. The number of halogens is 2. The molecule has 0 aliphatic carbocycles. The Labute approximate surface area is 117 Å². The molecular formula is C10H6Cl2N4O3. The van der Waals surface area contributed by atoms with Gasteiger partial charge in [0.15, 0.2) is 5.75 Å². The number of benzene rings is 1. The number of non-ortho nitro benzene ring substituents is 1. The Kier molecular flexibility index (Phi) is 3.68. The van der Waals surface area contributed by atoms with Crippen molar-refractivity contribution >= 4 is 34.7 Å². The zero-order valence-electron chi connectivity index (χ0n) is 9.21. The summed E-state index contributed by atoms with van der Waals surface area (Å²) in [5.41, 5.74) is 5.23. The van der Waals surface area contributed by atoms with Gasteiger partial charge in [0.05, 0.1) is 15.0 Å². The van der Waals surface area contributed by atoms with Crippen LogP contribution < -0.4 is 10.5 Å². The van der Waals surface area contributed by atoms with E-state index in [1.165, 1.54) is 12.3 Å². The lowest BCUT2D eigenvalue weighted by atomic mass is 10.3. The van der Waals surface area contributed by atoms with Crippen molar-refractivity contribution in [3.63, 3.8) is 0 Å². The van der Waals surface area contributed by atoms with E-state index in [4.69, 9.17) is 33.7 Å². The van der Waals surface area contributed by atoms with E-state index >= 15 is 0 Å². The zero-order chi connectivity index (χ0) is 14.0. The highest BCUT2D eigenvalue weighted by atomic mass is 35.5. The molecule has 0 saturated carbocycles. The van der Waals surface area contributed by atoms with Gasteiger partial charge in [0.1, 0.15) is 5.82 Å². The first-order valence-electron chi connectivity index (χ1n) is 4.87. The molecule has 9 heteroatoms. The van der Waals surface area contributed by atoms with Crippen molar-refractivity contribution < 1.29 is 9.66 Å². The van der Waals surface area contributed by atoms with E-state index in [-0.39, 0.29) is 33.3 Å². The van der Waals surface area contributed by atoms with Crippen LogP contribution in [-0.2, 0) is 0 Å².